The lowest BCUT2D eigenvalue weighted by Gasteiger charge is -2.35. The van der Waals surface area contributed by atoms with Crippen LogP contribution in [0.15, 0.2) is 400 Å². The fraction of sp³-hybridized carbons (Fsp3) is 0.0741. The van der Waals surface area contributed by atoms with Gasteiger partial charge in [-0.3, -0.25) is 9.59 Å². The molecule has 2 atom stereocenters. The smallest absolute Gasteiger partial charge is 0.234 e. The van der Waals surface area contributed by atoms with E-state index in [0.29, 0.717) is 45.6 Å². The van der Waals surface area contributed by atoms with Crippen LogP contribution in [0, 0.1) is 11.8 Å². The fourth-order valence-electron chi connectivity index (χ4n) is 17.2. The number of aromatic hydroxyl groups is 2. The van der Waals surface area contributed by atoms with Gasteiger partial charge in [0.05, 0.1) is 0 Å². The highest BCUT2D eigenvalue weighted by molar-refractivity contribution is 6.53. The number of hydrogen-bond donors (Lipinski definition) is 2. The Kier molecular flexibility index (Phi) is 20.7. The average molecular weight is 1440 g/mol. The summed E-state index contributed by atoms with van der Waals surface area (Å²) in [4.78, 5) is 23.7. The van der Waals surface area contributed by atoms with Gasteiger partial charge in [0.2, 0.25) is 11.6 Å². The van der Waals surface area contributed by atoms with Crippen LogP contribution < -0.4 is 10.4 Å². The van der Waals surface area contributed by atoms with Gasteiger partial charge in [0.25, 0.3) is 0 Å². The standard InChI is InChI=1S/2C26H20.C14H10O2.C14H8O2.2C14H12/c2*1-3-11-19(12-4-1)25-21-15-7-9-17-23(21)26(20-13-5-2-6-14-20)24-18-10-8-16-22(24)25;2*15-13-11-7-3-1-5-9(11)10-6-2-4-8-12(10)14(13)16;2*1-2-6-12-10-14-8-4-3-7-13(14)9-11(12)5-1/h1-5,7-13,15-18H,6,14H2;1-18,25-26H;1-8,15-16H;1-8H;1-8H,9-10H2;1-12H. The van der Waals surface area contributed by atoms with Gasteiger partial charge in [-0.2, -0.15) is 0 Å². The number of ketones is 2. The lowest BCUT2D eigenvalue weighted by Crippen LogP contribution is -2.31. The van der Waals surface area contributed by atoms with E-state index < -0.39 is 11.6 Å². The van der Waals surface area contributed by atoms with Gasteiger partial charge >= 0.3 is 0 Å². The molecule has 0 bridgehead atoms. The Morgan fingerprint density at radius 3 is 0.973 bits per heavy atom. The Bertz CT molecular complexity index is 6040. The lowest BCUT2D eigenvalue weighted by molar-refractivity contribution is 0.0815. The zero-order chi connectivity index (χ0) is 75.7. The molecule has 112 heavy (non-hydrogen) atoms. The molecule has 0 amide bonds. The molecule has 0 spiro atoms. The maximum absolute atomic E-state index is 11.8. The molecule has 6 aliphatic rings. The van der Waals surface area contributed by atoms with E-state index >= 15 is 0 Å². The highest BCUT2D eigenvalue weighted by Gasteiger charge is 2.34. The topological polar surface area (TPSA) is 74.6 Å². The van der Waals surface area contributed by atoms with Gasteiger partial charge in [0.1, 0.15) is 0 Å². The van der Waals surface area contributed by atoms with Crippen molar-refractivity contribution in [3.63, 3.8) is 0 Å². The third-order valence-electron chi connectivity index (χ3n) is 22.5. The first-order chi connectivity index (χ1) is 55.3. The second kappa shape index (κ2) is 32.6. The Balaban J connectivity index is 0.0000000995. The van der Waals surface area contributed by atoms with Crippen LogP contribution in [0.25, 0.3) is 83.1 Å². The molecule has 4 heteroatoms. The number of phenolic OH excluding ortho intramolecular Hbond substituents is 2. The minimum Gasteiger partial charge on any atom is -0.504 e. The van der Waals surface area contributed by atoms with Gasteiger partial charge < -0.3 is 10.2 Å². The molecule has 0 saturated carbocycles. The number of benzene rings is 16. The normalized spacial score (nSPS) is 15.9. The van der Waals surface area contributed by atoms with Gasteiger partial charge in [-0.05, 0) is 157 Å². The minimum absolute atomic E-state index is 0.0469. The number of phenols is 2. The second-order valence-corrected chi connectivity index (χ2v) is 29.1. The van der Waals surface area contributed by atoms with Crippen molar-refractivity contribution in [2.75, 3.05) is 0 Å². The molecule has 0 aliphatic heterocycles. The predicted molar refractivity (Wildman–Crippen MR) is 465 cm³/mol. The van der Waals surface area contributed by atoms with E-state index in [1.165, 1.54) is 110 Å². The maximum Gasteiger partial charge on any atom is 0.234 e. The first-order valence-electron chi connectivity index (χ1n) is 38.8. The largest absolute Gasteiger partial charge is 0.504 e. The first kappa shape index (κ1) is 71.1. The summed E-state index contributed by atoms with van der Waals surface area (Å²) in [7, 11) is 0. The van der Waals surface area contributed by atoms with Gasteiger partial charge in [-0.25, -0.2) is 0 Å². The van der Waals surface area contributed by atoms with Gasteiger partial charge in [-0.1, -0.05) is 413 Å². The number of rotatable bonds is 4. The molecule has 0 heterocycles. The van der Waals surface area contributed by atoms with Crippen molar-refractivity contribution in [1.82, 2.24) is 0 Å². The summed E-state index contributed by atoms with van der Waals surface area (Å²) in [6.07, 6.45) is 24.7. The molecular formula is C108H82O4. The molecule has 22 rings (SSSR count). The van der Waals surface area contributed by atoms with Crippen LogP contribution in [-0.2, 0) is 12.8 Å². The molecule has 6 aliphatic carbocycles. The third kappa shape index (κ3) is 14.4. The first-order valence-corrected chi connectivity index (χ1v) is 38.8. The van der Waals surface area contributed by atoms with Crippen LogP contribution >= 0.6 is 0 Å². The fourth-order valence-corrected chi connectivity index (χ4v) is 17.2. The molecule has 2 unspecified atom stereocenters. The average Bonchev–Trinajstić information content (AvgIpc) is 0.783. The number of carbonyl (C=O) groups excluding carboxylic acids is 2. The van der Waals surface area contributed by atoms with Crippen molar-refractivity contribution in [1.29, 1.82) is 0 Å². The molecule has 0 aromatic heterocycles. The number of allylic oxidation sites excluding steroid dienone is 8. The van der Waals surface area contributed by atoms with Crippen molar-refractivity contribution in [2.45, 2.75) is 37.5 Å². The summed E-state index contributed by atoms with van der Waals surface area (Å²) in [6, 6.07) is 124. The minimum atomic E-state index is -0.408. The van der Waals surface area contributed by atoms with Crippen LogP contribution in [0.3, 0.4) is 0 Å². The second-order valence-electron chi connectivity index (χ2n) is 29.1. The Hall–Kier alpha value is -13.8. The van der Waals surface area contributed by atoms with Crippen LogP contribution in [0.2, 0.25) is 0 Å². The van der Waals surface area contributed by atoms with Crippen molar-refractivity contribution in [3.8, 4) is 33.8 Å². The number of fused-ring (bicyclic) bond motifs is 14. The highest BCUT2D eigenvalue weighted by atomic mass is 16.3. The number of carbonyl (C=O) groups is 2. The summed E-state index contributed by atoms with van der Waals surface area (Å²) in [5.41, 5.74) is 22.6. The lowest BCUT2D eigenvalue weighted by atomic mass is 9.68. The monoisotopic (exact) mass is 1440 g/mol. The molecule has 0 saturated heterocycles. The molecule has 0 radical (unpaired) electrons. The van der Waals surface area contributed by atoms with E-state index in [0.717, 1.165) is 47.6 Å². The Morgan fingerprint density at radius 1 is 0.277 bits per heavy atom. The van der Waals surface area contributed by atoms with Gasteiger partial charge in [0, 0.05) is 45.6 Å². The quantitative estimate of drug-likeness (QED) is 0.0797. The summed E-state index contributed by atoms with van der Waals surface area (Å²) in [5.74, 6) is 0.809. The Labute approximate surface area is 654 Å². The van der Waals surface area contributed by atoms with Crippen LogP contribution in [-0.4, -0.2) is 21.8 Å². The van der Waals surface area contributed by atoms with Crippen molar-refractivity contribution >= 4 is 72.4 Å². The van der Waals surface area contributed by atoms with Crippen molar-refractivity contribution in [2.24, 2.45) is 11.8 Å². The SMILES string of the molecule is C1=CC2C=c3ccccc3=CC2C=C1.C1=CCCC(c2c3ccccc3c(-c3ccccc3)c3ccccc23)=C1.O=C1C(=O)c2ccccc2-c2ccccc21.Oc1c(O)c2ccccc2c2ccccc12.c1ccc(C2c3ccccc3C(c3ccccc3)c3ccccc32)cc1.c1ccc2c(c1)Cc1ccccc1C2. The molecular weight excluding hydrogens is 1360 g/mol. The molecule has 2 N–H and O–H groups in total. The zero-order valence-electron chi connectivity index (χ0n) is 62.1. The predicted octanol–water partition coefficient (Wildman–Crippen LogP) is 24.7. The van der Waals surface area contributed by atoms with E-state index in [2.05, 4.69) is 316 Å². The molecule has 538 valence electrons. The molecule has 16 aromatic rings. The van der Waals surface area contributed by atoms with Gasteiger partial charge in [0.15, 0.2) is 11.5 Å². The number of hydrogen-bond acceptors (Lipinski definition) is 4. The van der Waals surface area contributed by atoms with E-state index in [-0.39, 0.29) is 11.5 Å². The van der Waals surface area contributed by atoms with Crippen LogP contribution in [0.1, 0.15) is 107 Å². The van der Waals surface area contributed by atoms with E-state index in [4.69, 9.17) is 0 Å². The zero-order valence-corrected chi connectivity index (χ0v) is 62.1. The van der Waals surface area contributed by atoms with Gasteiger partial charge in [-0.15, -0.1) is 0 Å². The van der Waals surface area contributed by atoms with Crippen LogP contribution in [0.5, 0.6) is 11.5 Å². The van der Waals surface area contributed by atoms with Crippen molar-refractivity contribution < 1.29 is 19.8 Å². The summed E-state index contributed by atoms with van der Waals surface area (Å²) < 4.78 is 0. The van der Waals surface area contributed by atoms with E-state index in [1.54, 1.807) is 36.4 Å². The maximum atomic E-state index is 11.8. The van der Waals surface area contributed by atoms with E-state index in [9.17, 15) is 19.8 Å². The Morgan fingerprint density at radius 2 is 0.589 bits per heavy atom. The molecule has 0 fully saturated rings. The molecule has 16 aromatic carbocycles. The summed E-state index contributed by atoms with van der Waals surface area (Å²) in [6.45, 7) is 0. The highest BCUT2D eigenvalue weighted by Crippen LogP contribution is 2.50. The number of Topliss-reactive ketones (excluding diaryl/α,β-unsaturated/α-hetero) is 2. The summed E-state index contributed by atoms with van der Waals surface area (Å²) in [5, 5.41) is 31.2. The van der Waals surface area contributed by atoms with Crippen molar-refractivity contribution in [3.05, 3.63) is 483 Å². The van der Waals surface area contributed by atoms with Crippen LogP contribution in [0.4, 0.5) is 0 Å². The molecule has 4 nitrogen and oxygen atoms in total. The van der Waals surface area contributed by atoms with E-state index in [1.807, 2.05) is 60.7 Å². The summed E-state index contributed by atoms with van der Waals surface area (Å²) >= 11 is 0. The third-order valence-corrected chi connectivity index (χ3v) is 22.5.